The van der Waals surface area contributed by atoms with Gasteiger partial charge in [-0.05, 0) is 18.1 Å². The summed E-state index contributed by atoms with van der Waals surface area (Å²) in [7, 11) is 0. The number of benzene rings is 1. The summed E-state index contributed by atoms with van der Waals surface area (Å²) in [5.41, 5.74) is -0.337. The van der Waals surface area contributed by atoms with Crippen LogP contribution in [-0.2, 0) is 17.5 Å². The number of hydrogen-bond donors (Lipinski definition) is 1. The van der Waals surface area contributed by atoms with Crippen molar-refractivity contribution in [3.8, 4) is 0 Å². The standard InChI is InChI=1S/C14H18F3NO/c1-2-3-9-19-10-8-18-11-12-6-4-5-7-13(12)14(15,16)17/h2,4-7,18H,1,3,8-11H2. The van der Waals surface area contributed by atoms with E-state index in [0.717, 1.165) is 12.5 Å². The first-order valence-corrected chi connectivity index (χ1v) is 6.10. The number of ether oxygens (including phenoxy) is 1. The SMILES string of the molecule is C=CCCOCCNCc1ccccc1C(F)(F)F. The summed E-state index contributed by atoms with van der Waals surface area (Å²) >= 11 is 0. The lowest BCUT2D eigenvalue weighted by Gasteiger charge is -2.13. The van der Waals surface area contributed by atoms with Crippen molar-refractivity contribution in [2.75, 3.05) is 19.8 Å². The molecule has 1 aromatic carbocycles. The second-order valence-corrected chi connectivity index (χ2v) is 4.02. The second kappa shape index (κ2) is 7.96. The average Bonchev–Trinajstić information content (AvgIpc) is 2.37. The molecule has 0 saturated carbocycles. The van der Waals surface area contributed by atoms with Crippen molar-refractivity contribution in [3.63, 3.8) is 0 Å². The first kappa shape index (κ1) is 15.7. The Labute approximate surface area is 111 Å². The van der Waals surface area contributed by atoms with E-state index >= 15 is 0 Å². The van der Waals surface area contributed by atoms with Crippen LogP contribution in [0, 0.1) is 0 Å². The largest absolute Gasteiger partial charge is 0.416 e. The van der Waals surface area contributed by atoms with Crippen molar-refractivity contribution in [1.29, 1.82) is 0 Å². The maximum absolute atomic E-state index is 12.7. The summed E-state index contributed by atoms with van der Waals surface area (Å²) < 4.78 is 43.4. The molecule has 0 aromatic heterocycles. The molecule has 106 valence electrons. The van der Waals surface area contributed by atoms with Gasteiger partial charge in [0.05, 0.1) is 18.8 Å². The Morgan fingerprint density at radius 2 is 1.95 bits per heavy atom. The molecule has 0 amide bonds. The predicted molar refractivity (Wildman–Crippen MR) is 68.8 cm³/mol. The smallest absolute Gasteiger partial charge is 0.380 e. The van der Waals surface area contributed by atoms with E-state index in [-0.39, 0.29) is 12.1 Å². The van der Waals surface area contributed by atoms with Gasteiger partial charge >= 0.3 is 6.18 Å². The van der Waals surface area contributed by atoms with Crippen LogP contribution < -0.4 is 5.32 Å². The highest BCUT2D eigenvalue weighted by Gasteiger charge is 2.32. The van der Waals surface area contributed by atoms with E-state index in [4.69, 9.17) is 4.74 Å². The van der Waals surface area contributed by atoms with Gasteiger partial charge in [0.1, 0.15) is 0 Å². The second-order valence-electron chi connectivity index (χ2n) is 4.02. The highest BCUT2D eigenvalue weighted by molar-refractivity contribution is 5.29. The van der Waals surface area contributed by atoms with Gasteiger partial charge in [-0.3, -0.25) is 0 Å². The molecule has 0 unspecified atom stereocenters. The van der Waals surface area contributed by atoms with E-state index in [1.54, 1.807) is 12.1 Å². The molecule has 0 spiro atoms. The molecule has 0 atom stereocenters. The van der Waals surface area contributed by atoms with Crippen LogP contribution in [0.2, 0.25) is 0 Å². The van der Waals surface area contributed by atoms with Crippen LogP contribution in [-0.4, -0.2) is 19.8 Å². The fourth-order valence-corrected chi connectivity index (χ4v) is 1.59. The normalized spacial score (nSPS) is 11.5. The molecule has 0 bridgehead atoms. The Morgan fingerprint density at radius 3 is 2.63 bits per heavy atom. The minimum atomic E-state index is -4.31. The summed E-state index contributed by atoms with van der Waals surface area (Å²) in [6.45, 7) is 5.32. The molecule has 5 heteroatoms. The van der Waals surface area contributed by atoms with Gasteiger partial charge in [-0.2, -0.15) is 13.2 Å². The van der Waals surface area contributed by atoms with Gasteiger partial charge in [-0.1, -0.05) is 24.3 Å². The van der Waals surface area contributed by atoms with Gasteiger partial charge in [-0.15, -0.1) is 6.58 Å². The molecule has 1 aromatic rings. The van der Waals surface area contributed by atoms with Crippen molar-refractivity contribution < 1.29 is 17.9 Å². The van der Waals surface area contributed by atoms with Gasteiger partial charge in [0.25, 0.3) is 0 Å². The third-order valence-corrected chi connectivity index (χ3v) is 2.53. The maximum atomic E-state index is 12.7. The molecule has 1 N–H and O–H groups in total. The Kier molecular flexibility index (Phi) is 6.59. The van der Waals surface area contributed by atoms with Gasteiger partial charge in [0.2, 0.25) is 0 Å². The first-order chi connectivity index (χ1) is 9.05. The fraction of sp³-hybridized carbons (Fsp3) is 0.429. The van der Waals surface area contributed by atoms with Gasteiger partial charge in [0.15, 0.2) is 0 Å². The molecule has 0 heterocycles. The van der Waals surface area contributed by atoms with Crippen LogP contribution in [0.15, 0.2) is 36.9 Å². The van der Waals surface area contributed by atoms with Crippen LogP contribution in [0.5, 0.6) is 0 Å². The zero-order chi connectivity index (χ0) is 14.1. The van der Waals surface area contributed by atoms with Crippen LogP contribution >= 0.6 is 0 Å². The molecule has 0 saturated heterocycles. The third kappa shape index (κ3) is 5.89. The van der Waals surface area contributed by atoms with Crippen molar-refractivity contribution >= 4 is 0 Å². The van der Waals surface area contributed by atoms with E-state index in [1.165, 1.54) is 12.1 Å². The average molecular weight is 273 g/mol. The molecule has 0 aliphatic carbocycles. The molecular formula is C14H18F3NO. The third-order valence-electron chi connectivity index (χ3n) is 2.53. The summed E-state index contributed by atoms with van der Waals surface area (Å²) in [5, 5.41) is 2.94. The van der Waals surface area contributed by atoms with Crippen molar-refractivity contribution in [3.05, 3.63) is 48.0 Å². The lowest BCUT2D eigenvalue weighted by molar-refractivity contribution is -0.138. The minimum absolute atomic E-state index is 0.181. The Morgan fingerprint density at radius 1 is 1.21 bits per heavy atom. The van der Waals surface area contributed by atoms with Crippen LogP contribution in [0.3, 0.4) is 0 Å². The lowest BCUT2D eigenvalue weighted by Crippen LogP contribution is -2.21. The van der Waals surface area contributed by atoms with Crippen molar-refractivity contribution in [2.45, 2.75) is 19.1 Å². The lowest BCUT2D eigenvalue weighted by atomic mass is 10.1. The monoisotopic (exact) mass is 273 g/mol. The molecule has 0 fully saturated rings. The zero-order valence-electron chi connectivity index (χ0n) is 10.7. The first-order valence-electron chi connectivity index (χ1n) is 6.10. The highest BCUT2D eigenvalue weighted by Crippen LogP contribution is 2.31. The van der Waals surface area contributed by atoms with Gasteiger partial charge in [-0.25, -0.2) is 0 Å². The Balaban J connectivity index is 2.35. The molecule has 2 nitrogen and oxygen atoms in total. The Bertz CT molecular complexity index is 391. The molecular weight excluding hydrogens is 255 g/mol. The summed E-state index contributed by atoms with van der Waals surface area (Å²) in [4.78, 5) is 0. The summed E-state index contributed by atoms with van der Waals surface area (Å²) in [5.74, 6) is 0. The van der Waals surface area contributed by atoms with E-state index in [9.17, 15) is 13.2 Å². The highest BCUT2D eigenvalue weighted by atomic mass is 19.4. The van der Waals surface area contributed by atoms with Gasteiger partial charge in [0, 0.05) is 13.1 Å². The number of halogens is 3. The molecule has 0 aliphatic heterocycles. The summed E-state index contributed by atoms with van der Waals surface area (Å²) in [6, 6.07) is 5.57. The topological polar surface area (TPSA) is 21.3 Å². The van der Waals surface area contributed by atoms with Crippen LogP contribution in [0.4, 0.5) is 13.2 Å². The fourth-order valence-electron chi connectivity index (χ4n) is 1.59. The van der Waals surface area contributed by atoms with Crippen molar-refractivity contribution in [1.82, 2.24) is 5.32 Å². The number of nitrogens with one attached hydrogen (secondary N) is 1. The van der Waals surface area contributed by atoms with E-state index in [2.05, 4.69) is 11.9 Å². The van der Waals surface area contributed by atoms with Crippen LogP contribution in [0.1, 0.15) is 17.5 Å². The van der Waals surface area contributed by atoms with Gasteiger partial charge < -0.3 is 10.1 Å². The Hall–Kier alpha value is -1.33. The quantitative estimate of drug-likeness (QED) is 0.579. The van der Waals surface area contributed by atoms with E-state index < -0.39 is 11.7 Å². The minimum Gasteiger partial charge on any atom is -0.380 e. The molecule has 0 aliphatic rings. The predicted octanol–water partition coefficient (Wildman–Crippen LogP) is 3.39. The number of rotatable bonds is 8. The summed E-state index contributed by atoms with van der Waals surface area (Å²) in [6.07, 6.45) is -1.78. The molecule has 1 rings (SSSR count). The molecule has 0 radical (unpaired) electrons. The zero-order valence-corrected chi connectivity index (χ0v) is 10.7. The van der Waals surface area contributed by atoms with Crippen LogP contribution in [0.25, 0.3) is 0 Å². The van der Waals surface area contributed by atoms with Crippen molar-refractivity contribution in [2.24, 2.45) is 0 Å². The maximum Gasteiger partial charge on any atom is 0.416 e. The van der Waals surface area contributed by atoms with E-state index in [0.29, 0.717) is 19.8 Å². The number of alkyl halides is 3. The number of hydrogen-bond acceptors (Lipinski definition) is 2. The van der Waals surface area contributed by atoms with E-state index in [1.807, 2.05) is 0 Å². The molecule has 19 heavy (non-hydrogen) atoms.